The summed E-state index contributed by atoms with van der Waals surface area (Å²) in [4.78, 5) is 12.1. The second-order valence-electron chi connectivity index (χ2n) is 6.38. The highest BCUT2D eigenvalue weighted by Crippen LogP contribution is 2.13. The van der Waals surface area contributed by atoms with Gasteiger partial charge in [0.25, 0.3) is 5.91 Å². The number of aliphatic hydroxyl groups is 1. The molecule has 5 nitrogen and oxygen atoms in total. The zero-order chi connectivity index (χ0) is 17.0. The van der Waals surface area contributed by atoms with Crippen LogP contribution in [0, 0.1) is 19.8 Å². The van der Waals surface area contributed by atoms with Crippen molar-refractivity contribution in [1.82, 2.24) is 15.1 Å². The Morgan fingerprint density at radius 1 is 1.26 bits per heavy atom. The Labute approximate surface area is 137 Å². The number of aromatic nitrogens is 2. The zero-order valence-corrected chi connectivity index (χ0v) is 14.2. The third kappa shape index (κ3) is 4.66. The van der Waals surface area contributed by atoms with Crippen LogP contribution in [0.3, 0.4) is 0 Å². The number of amides is 1. The molecule has 1 unspecified atom stereocenters. The monoisotopic (exact) mass is 315 g/mol. The summed E-state index contributed by atoms with van der Waals surface area (Å²) in [5, 5.41) is 17.0. The van der Waals surface area contributed by atoms with Gasteiger partial charge in [-0.25, -0.2) is 4.68 Å². The van der Waals surface area contributed by atoms with Gasteiger partial charge in [0.2, 0.25) is 0 Å². The van der Waals surface area contributed by atoms with Crippen LogP contribution in [0.25, 0.3) is 5.69 Å². The summed E-state index contributed by atoms with van der Waals surface area (Å²) in [6.07, 6.45) is 0.171. The van der Waals surface area contributed by atoms with Gasteiger partial charge in [-0.05, 0) is 56.5 Å². The van der Waals surface area contributed by atoms with Crippen molar-refractivity contribution in [3.05, 3.63) is 47.3 Å². The van der Waals surface area contributed by atoms with Crippen molar-refractivity contribution in [3.63, 3.8) is 0 Å². The third-order valence-corrected chi connectivity index (χ3v) is 3.63. The minimum atomic E-state index is -0.507. The highest BCUT2D eigenvalue weighted by Gasteiger charge is 2.11. The lowest BCUT2D eigenvalue weighted by atomic mass is 10.1. The first kappa shape index (κ1) is 17.2. The quantitative estimate of drug-likeness (QED) is 0.861. The van der Waals surface area contributed by atoms with Crippen LogP contribution in [0.5, 0.6) is 0 Å². The fourth-order valence-corrected chi connectivity index (χ4v) is 2.58. The summed E-state index contributed by atoms with van der Waals surface area (Å²) < 4.78 is 1.85. The fraction of sp³-hybridized carbons (Fsp3) is 0.444. The van der Waals surface area contributed by atoms with Gasteiger partial charge >= 0.3 is 0 Å². The Bertz CT molecular complexity index is 659. The van der Waals surface area contributed by atoms with E-state index in [2.05, 4.69) is 10.4 Å². The van der Waals surface area contributed by atoms with E-state index in [4.69, 9.17) is 0 Å². The lowest BCUT2D eigenvalue weighted by molar-refractivity contribution is 0.0900. The standard InChI is InChI=1S/C18H25N3O2/c1-12(2)9-17(22)11-19-18(23)15-5-7-16(8-6-15)21-14(4)10-13(3)20-21/h5-8,10,12,17,22H,9,11H2,1-4H3,(H,19,23). The van der Waals surface area contributed by atoms with Gasteiger partial charge in [0, 0.05) is 17.8 Å². The van der Waals surface area contributed by atoms with E-state index >= 15 is 0 Å². The molecule has 23 heavy (non-hydrogen) atoms. The Kier molecular flexibility index (Phi) is 5.55. The topological polar surface area (TPSA) is 67.2 Å². The van der Waals surface area contributed by atoms with Gasteiger partial charge in [0.15, 0.2) is 0 Å². The highest BCUT2D eigenvalue weighted by molar-refractivity contribution is 5.94. The second-order valence-corrected chi connectivity index (χ2v) is 6.38. The van der Waals surface area contributed by atoms with E-state index < -0.39 is 6.10 Å². The molecule has 0 radical (unpaired) electrons. The summed E-state index contributed by atoms with van der Waals surface area (Å²) >= 11 is 0. The summed E-state index contributed by atoms with van der Waals surface area (Å²) in [7, 11) is 0. The number of benzene rings is 1. The molecule has 0 aliphatic carbocycles. The Morgan fingerprint density at radius 3 is 2.43 bits per heavy atom. The Balaban J connectivity index is 1.99. The molecule has 2 N–H and O–H groups in total. The minimum Gasteiger partial charge on any atom is -0.391 e. The Morgan fingerprint density at radius 2 is 1.91 bits per heavy atom. The van der Waals surface area contributed by atoms with Crippen molar-refractivity contribution < 1.29 is 9.90 Å². The number of aryl methyl sites for hydroxylation is 2. The van der Waals surface area contributed by atoms with Crippen molar-refractivity contribution in [2.45, 2.75) is 40.2 Å². The molecule has 0 spiro atoms. The normalized spacial score (nSPS) is 12.4. The van der Waals surface area contributed by atoms with Crippen LogP contribution in [-0.2, 0) is 0 Å². The van der Waals surface area contributed by atoms with E-state index in [1.807, 2.05) is 50.6 Å². The number of hydrogen-bond donors (Lipinski definition) is 2. The SMILES string of the molecule is Cc1cc(C)n(-c2ccc(C(=O)NCC(O)CC(C)C)cc2)n1. The maximum absolute atomic E-state index is 12.1. The van der Waals surface area contributed by atoms with Crippen LogP contribution in [0.15, 0.2) is 30.3 Å². The first-order valence-corrected chi connectivity index (χ1v) is 7.96. The third-order valence-electron chi connectivity index (χ3n) is 3.63. The maximum Gasteiger partial charge on any atom is 0.251 e. The molecule has 0 fully saturated rings. The van der Waals surface area contributed by atoms with Crippen LogP contribution in [0.2, 0.25) is 0 Å². The molecule has 0 bridgehead atoms. The molecule has 0 aliphatic heterocycles. The second kappa shape index (κ2) is 7.42. The number of nitrogens with one attached hydrogen (secondary N) is 1. The first-order valence-electron chi connectivity index (χ1n) is 7.96. The summed E-state index contributed by atoms with van der Waals surface area (Å²) in [6.45, 7) is 8.31. The van der Waals surface area contributed by atoms with E-state index in [1.165, 1.54) is 0 Å². The molecule has 2 rings (SSSR count). The van der Waals surface area contributed by atoms with Crippen molar-refractivity contribution in [2.75, 3.05) is 6.54 Å². The lowest BCUT2D eigenvalue weighted by Gasteiger charge is -2.14. The summed E-state index contributed by atoms with van der Waals surface area (Å²) in [5.74, 6) is 0.231. The van der Waals surface area contributed by atoms with Gasteiger partial charge in [0.05, 0.1) is 17.5 Å². The number of rotatable bonds is 6. The van der Waals surface area contributed by atoms with Gasteiger partial charge in [-0.1, -0.05) is 13.8 Å². The van der Waals surface area contributed by atoms with E-state index in [9.17, 15) is 9.90 Å². The zero-order valence-electron chi connectivity index (χ0n) is 14.2. The van der Waals surface area contributed by atoms with Gasteiger partial charge < -0.3 is 10.4 Å². The highest BCUT2D eigenvalue weighted by atomic mass is 16.3. The molecule has 0 saturated heterocycles. The first-order chi connectivity index (χ1) is 10.9. The molecular formula is C18H25N3O2. The predicted octanol–water partition coefficient (Wildman–Crippen LogP) is 2.63. The molecule has 1 heterocycles. The number of hydrogen-bond acceptors (Lipinski definition) is 3. The average Bonchev–Trinajstić information content (AvgIpc) is 2.83. The van der Waals surface area contributed by atoms with E-state index in [-0.39, 0.29) is 12.5 Å². The molecule has 2 aromatic rings. The number of aliphatic hydroxyl groups excluding tert-OH is 1. The van der Waals surface area contributed by atoms with Crippen LogP contribution in [-0.4, -0.2) is 33.4 Å². The molecule has 5 heteroatoms. The average molecular weight is 315 g/mol. The largest absolute Gasteiger partial charge is 0.391 e. The molecule has 0 aliphatic rings. The van der Waals surface area contributed by atoms with E-state index in [0.29, 0.717) is 17.9 Å². The number of nitrogens with zero attached hydrogens (tertiary/aromatic N) is 2. The van der Waals surface area contributed by atoms with E-state index in [0.717, 1.165) is 17.1 Å². The van der Waals surface area contributed by atoms with Gasteiger partial charge in [-0.2, -0.15) is 5.10 Å². The number of carbonyl (C=O) groups is 1. The van der Waals surface area contributed by atoms with Crippen LogP contribution in [0.4, 0.5) is 0 Å². The van der Waals surface area contributed by atoms with Crippen LogP contribution in [0.1, 0.15) is 42.0 Å². The van der Waals surface area contributed by atoms with Crippen molar-refractivity contribution in [1.29, 1.82) is 0 Å². The maximum atomic E-state index is 12.1. The molecular weight excluding hydrogens is 290 g/mol. The van der Waals surface area contributed by atoms with E-state index in [1.54, 1.807) is 12.1 Å². The molecule has 0 saturated carbocycles. The minimum absolute atomic E-state index is 0.173. The number of carbonyl (C=O) groups excluding carboxylic acids is 1. The van der Waals surface area contributed by atoms with Crippen LogP contribution >= 0.6 is 0 Å². The molecule has 1 aromatic carbocycles. The van der Waals surface area contributed by atoms with Crippen molar-refractivity contribution in [2.24, 2.45) is 5.92 Å². The lowest BCUT2D eigenvalue weighted by Crippen LogP contribution is -2.32. The molecule has 1 amide bonds. The Hall–Kier alpha value is -2.14. The molecule has 1 aromatic heterocycles. The van der Waals surface area contributed by atoms with Crippen molar-refractivity contribution >= 4 is 5.91 Å². The molecule has 124 valence electrons. The summed E-state index contributed by atoms with van der Waals surface area (Å²) in [5.41, 5.74) is 3.51. The fourth-order valence-electron chi connectivity index (χ4n) is 2.58. The van der Waals surface area contributed by atoms with Crippen LogP contribution < -0.4 is 5.32 Å². The van der Waals surface area contributed by atoms with Gasteiger partial charge in [-0.3, -0.25) is 4.79 Å². The molecule has 1 atom stereocenters. The van der Waals surface area contributed by atoms with Crippen molar-refractivity contribution in [3.8, 4) is 5.69 Å². The predicted molar refractivity (Wildman–Crippen MR) is 90.8 cm³/mol. The smallest absolute Gasteiger partial charge is 0.251 e. The van der Waals surface area contributed by atoms with Gasteiger partial charge in [0.1, 0.15) is 0 Å². The van der Waals surface area contributed by atoms with Gasteiger partial charge in [-0.15, -0.1) is 0 Å². The summed E-state index contributed by atoms with van der Waals surface area (Å²) in [6, 6.07) is 9.31.